The van der Waals surface area contributed by atoms with E-state index < -0.39 is 5.17 Å². The standard InChI is InChI=1S/C9H11NOS.CH3NOS/c11-9(12)10-7-6-8-4-2-1-3-5-8;2-1(3)4/h1-5H,6-7H2,(H2,10,11,12);(H3,2,3,4). The number of thiocarbonyl (C=S) groups is 2. The lowest BCUT2D eigenvalue weighted by Crippen LogP contribution is -2.22. The Morgan fingerprint density at radius 3 is 2.12 bits per heavy atom. The number of aliphatic hydroxyl groups excluding tert-OH is 2. The van der Waals surface area contributed by atoms with Gasteiger partial charge in [0.15, 0.2) is 0 Å². The summed E-state index contributed by atoms with van der Waals surface area (Å²) < 4.78 is 0. The highest BCUT2D eigenvalue weighted by atomic mass is 32.1. The molecule has 0 radical (unpaired) electrons. The number of hydrogen-bond donors (Lipinski definition) is 4. The van der Waals surface area contributed by atoms with E-state index in [2.05, 4.69) is 35.5 Å². The van der Waals surface area contributed by atoms with Gasteiger partial charge in [0.2, 0.25) is 0 Å². The van der Waals surface area contributed by atoms with Gasteiger partial charge in [-0.15, -0.1) is 0 Å². The van der Waals surface area contributed by atoms with Crippen LogP contribution in [0.3, 0.4) is 0 Å². The predicted octanol–water partition coefficient (Wildman–Crippen LogP) is 1.45. The fourth-order valence-corrected chi connectivity index (χ4v) is 1.06. The van der Waals surface area contributed by atoms with Crippen LogP contribution in [0.1, 0.15) is 5.56 Å². The number of aliphatic hydroxyl groups is 2. The normalized spacial score (nSPS) is 8.50. The van der Waals surface area contributed by atoms with Gasteiger partial charge in [-0.25, -0.2) is 0 Å². The summed E-state index contributed by atoms with van der Waals surface area (Å²) in [5.41, 5.74) is 5.64. The fourth-order valence-electron chi connectivity index (χ4n) is 0.958. The maximum absolute atomic E-state index is 8.65. The molecule has 5 N–H and O–H groups in total. The van der Waals surface area contributed by atoms with E-state index in [0.717, 1.165) is 6.42 Å². The highest BCUT2D eigenvalue weighted by Crippen LogP contribution is 1.97. The van der Waals surface area contributed by atoms with Gasteiger partial charge in [0.25, 0.3) is 10.3 Å². The summed E-state index contributed by atoms with van der Waals surface area (Å²) in [5, 5.41) is 18.3. The number of hydrogen-bond acceptors (Lipinski definition) is 2. The second kappa shape index (κ2) is 8.87. The molecule has 0 aliphatic carbocycles. The molecule has 0 aliphatic heterocycles. The summed E-state index contributed by atoms with van der Waals surface area (Å²) >= 11 is 8.33. The van der Waals surface area contributed by atoms with Gasteiger partial charge in [-0.2, -0.15) is 0 Å². The number of benzene rings is 1. The zero-order chi connectivity index (χ0) is 12.4. The van der Waals surface area contributed by atoms with Crippen molar-refractivity contribution < 1.29 is 10.2 Å². The monoisotopic (exact) mass is 258 g/mol. The summed E-state index contributed by atoms with van der Waals surface area (Å²) in [6.45, 7) is 0.680. The molecule has 0 spiro atoms. The molecule has 0 unspecified atom stereocenters. The van der Waals surface area contributed by atoms with Crippen LogP contribution < -0.4 is 11.1 Å². The van der Waals surface area contributed by atoms with Crippen molar-refractivity contribution >= 4 is 34.8 Å². The van der Waals surface area contributed by atoms with Crippen LogP contribution in [-0.2, 0) is 6.42 Å². The van der Waals surface area contributed by atoms with Crippen LogP contribution in [0.2, 0.25) is 0 Å². The highest BCUT2D eigenvalue weighted by molar-refractivity contribution is 7.80. The third kappa shape index (κ3) is 10.7. The lowest BCUT2D eigenvalue weighted by atomic mass is 10.2. The second-order valence-corrected chi connectivity index (χ2v) is 3.61. The molecular formula is C10H14N2O2S2. The molecule has 1 aromatic carbocycles. The first-order chi connectivity index (χ1) is 7.52. The van der Waals surface area contributed by atoms with E-state index in [9.17, 15) is 0 Å². The van der Waals surface area contributed by atoms with Crippen molar-refractivity contribution in [2.24, 2.45) is 5.73 Å². The Balaban J connectivity index is 0.000000487. The molecule has 0 atom stereocenters. The van der Waals surface area contributed by atoms with Crippen LogP contribution in [0.15, 0.2) is 30.3 Å². The van der Waals surface area contributed by atoms with Crippen LogP contribution >= 0.6 is 24.4 Å². The van der Waals surface area contributed by atoms with Crippen molar-refractivity contribution in [1.82, 2.24) is 5.32 Å². The van der Waals surface area contributed by atoms with E-state index in [1.807, 2.05) is 30.3 Å². The molecule has 6 heteroatoms. The summed E-state index contributed by atoms with van der Waals surface area (Å²) in [6, 6.07) is 10.1. The summed E-state index contributed by atoms with van der Waals surface area (Å²) in [4.78, 5) is 0. The molecule has 0 fully saturated rings. The van der Waals surface area contributed by atoms with E-state index in [1.54, 1.807) is 0 Å². The Labute approximate surface area is 105 Å². The van der Waals surface area contributed by atoms with Gasteiger partial charge in [0.05, 0.1) is 0 Å². The van der Waals surface area contributed by atoms with Gasteiger partial charge in [0, 0.05) is 6.54 Å². The SMILES string of the molecule is NC(O)=S.OC(=S)NCCc1ccccc1. The maximum atomic E-state index is 8.65. The van der Waals surface area contributed by atoms with E-state index in [-0.39, 0.29) is 5.17 Å². The zero-order valence-electron chi connectivity index (χ0n) is 8.59. The largest absolute Gasteiger partial charge is 0.487 e. The Kier molecular flexibility index (Phi) is 8.10. The lowest BCUT2D eigenvalue weighted by Gasteiger charge is -2.01. The minimum absolute atomic E-state index is 0.133. The van der Waals surface area contributed by atoms with Crippen molar-refractivity contribution in [2.75, 3.05) is 6.54 Å². The van der Waals surface area contributed by atoms with E-state index in [1.165, 1.54) is 5.56 Å². The van der Waals surface area contributed by atoms with Crippen LogP contribution in [0.4, 0.5) is 0 Å². The molecule has 0 amide bonds. The van der Waals surface area contributed by atoms with Crippen molar-refractivity contribution in [3.8, 4) is 0 Å². The number of nitrogens with two attached hydrogens (primary N) is 1. The van der Waals surface area contributed by atoms with Gasteiger partial charge in [-0.05, 0) is 36.4 Å². The first-order valence-corrected chi connectivity index (χ1v) is 5.33. The average molecular weight is 258 g/mol. The molecule has 0 saturated carbocycles. The van der Waals surface area contributed by atoms with Crippen molar-refractivity contribution in [1.29, 1.82) is 0 Å². The Bertz CT molecular complexity index is 327. The summed E-state index contributed by atoms with van der Waals surface area (Å²) in [5.74, 6) is 0. The molecule has 0 aromatic heterocycles. The van der Waals surface area contributed by atoms with Crippen LogP contribution in [0.25, 0.3) is 0 Å². The second-order valence-electron chi connectivity index (χ2n) is 2.81. The molecule has 0 saturated heterocycles. The Morgan fingerprint density at radius 1 is 1.19 bits per heavy atom. The topological polar surface area (TPSA) is 78.5 Å². The van der Waals surface area contributed by atoms with Crippen molar-refractivity contribution in [2.45, 2.75) is 6.42 Å². The molecule has 1 rings (SSSR count). The van der Waals surface area contributed by atoms with Crippen LogP contribution in [-0.4, -0.2) is 27.1 Å². The molecule has 16 heavy (non-hydrogen) atoms. The van der Waals surface area contributed by atoms with Gasteiger partial charge in [-0.3, -0.25) is 0 Å². The minimum Gasteiger partial charge on any atom is -0.487 e. The first kappa shape index (κ1) is 14.6. The molecular weight excluding hydrogens is 244 g/mol. The minimum atomic E-state index is -0.500. The maximum Gasteiger partial charge on any atom is 0.254 e. The van der Waals surface area contributed by atoms with E-state index in [0.29, 0.717) is 6.54 Å². The van der Waals surface area contributed by atoms with Crippen LogP contribution in [0, 0.1) is 0 Å². The smallest absolute Gasteiger partial charge is 0.254 e. The molecule has 0 heterocycles. The zero-order valence-corrected chi connectivity index (χ0v) is 10.2. The van der Waals surface area contributed by atoms with Crippen molar-refractivity contribution in [3.05, 3.63) is 35.9 Å². The number of rotatable bonds is 3. The van der Waals surface area contributed by atoms with E-state index in [4.69, 9.17) is 10.2 Å². The van der Waals surface area contributed by atoms with Gasteiger partial charge in [0.1, 0.15) is 0 Å². The first-order valence-electron chi connectivity index (χ1n) is 4.51. The van der Waals surface area contributed by atoms with Gasteiger partial charge >= 0.3 is 0 Å². The van der Waals surface area contributed by atoms with Crippen molar-refractivity contribution in [3.63, 3.8) is 0 Å². The lowest BCUT2D eigenvalue weighted by molar-refractivity contribution is 0.531. The van der Waals surface area contributed by atoms with E-state index >= 15 is 0 Å². The molecule has 4 nitrogen and oxygen atoms in total. The number of nitrogens with one attached hydrogen (secondary N) is 1. The van der Waals surface area contributed by atoms with Crippen LogP contribution in [0.5, 0.6) is 0 Å². The Morgan fingerprint density at radius 2 is 1.69 bits per heavy atom. The fraction of sp³-hybridized carbons (Fsp3) is 0.200. The predicted molar refractivity (Wildman–Crippen MR) is 72.8 cm³/mol. The molecule has 1 aromatic rings. The summed E-state index contributed by atoms with van der Waals surface area (Å²) in [7, 11) is 0. The van der Waals surface area contributed by atoms with Gasteiger partial charge < -0.3 is 21.3 Å². The molecule has 0 aliphatic rings. The third-order valence-electron chi connectivity index (χ3n) is 1.53. The third-order valence-corrected chi connectivity index (χ3v) is 1.68. The quantitative estimate of drug-likeness (QED) is 0.615. The average Bonchev–Trinajstić information content (AvgIpc) is 2.18. The molecule has 88 valence electrons. The summed E-state index contributed by atoms with van der Waals surface area (Å²) in [6.07, 6.45) is 0.877. The Hall–Kier alpha value is -1.40. The highest BCUT2D eigenvalue weighted by Gasteiger charge is 1.91. The van der Waals surface area contributed by atoms with Gasteiger partial charge in [-0.1, -0.05) is 30.3 Å². The molecule has 0 bridgehead atoms.